The zero-order chi connectivity index (χ0) is 11.7. The lowest BCUT2D eigenvalue weighted by Crippen LogP contribution is -2.27. The van der Waals surface area contributed by atoms with E-state index in [2.05, 4.69) is 10.1 Å². The van der Waals surface area contributed by atoms with Crippen LogP contribution in [0, 0.1) is 5.92 Å². The number of methoxy groups -OCH3 is 1. The average Bonchev–Trinajstić information content (AvgIpc) is 2.17. The highest BCUT2D eigenvalue weighted by molar-refractivity contribution is 5.77. The van der Waals surface area contributed by atoms with Crippen LogP contribution in [0.15, 0.2) is 12.2 Å². The summed E-state index contributed by atoms with van der Waals surface area (Å²) in [5.41, 5.74) is 0. The molecule has 0 bridgehead atoms. The molecule has 0 aliphatic carbocycles. The van der Waals surface area contributed by atoms with E-state index in [-0.39, 0.29) is 24.2 Å². The molecule has 0 aromatic carbocycles. The molecule has 0 spiro atoms. The van der Waals surface area contributed by atoms with Gasteiger partial charge in [0.25, 0.3) is 0 Å². The van der Waals surface area contributed by atoms with Crippen molar-refractivity contribution in [2.24, 2.45) is 5.92 Å². The first-order chi connectivity index (χ1) is 7.10. The third-order valence-corrected chi connectivity index (χ3v) is 1.91. The molecule has 0 saturated heterocycles. The van der Waals surface area contributed by atoms with Crippen molar-refractivity contribution in [3.63, 3.8) is 0 Å². The van der Waals surface area contributed by atoms with Crippen molar-refractivity contribution in [1.29, 1.82) is 0 Å². The van der Waals surface area contributed by atoms with E-state index in [1.54, 1.807) is 0 Å². The van der Waals surface area contributed by atoms with Gasteiger partial charge in [0.05, 0.1) is 13.5 Å². The largest absolute Gasteiger partial charge is 0.469 e. The minimum Gasteiger partial charge on any atom is -0.469 e. The predicted octanol–water partition coefficient (Wildman–Crippen LogP) is 1.27. The van der Waals surface area contributed by atoms with Crippen LogP contribution in [0.3, 0.4) is 0 Å². The van der Waals surface area contributed by atoms with E-state index in [0.29, 0.717) is 13.0 Å². The van der Waals surface area contributed by atoms with Crippen molar-refractivity contribution in [2.45, 2.75) is 26.7 Å². The summed E-state index contributed by atoms with van der Waals surface area (Å²) in [5.74, 6) is -0.116. The Labute approximate surface area is 90.7 Å². The average molecular weight is 213 g/mol. The normalized spacial score (nSPS) is 12.5. The third-order valence-electron chi connectivity index (χ3n) is 1.91. The Kier molecular flexibility index (Phi) is 7.32. The van der Waals surface area contributed by atoms with Crippen LogP contribution < -0.4 is 5.32 Å². The number of allylic oxidation sites excluding steroid dienone is 2. The zero-order valence-electron chi connectivity index (χ0n) is 9.58. The first-order valence-corrected chi connectivity index (χ1v) is 5.06. The van der Waals surface area contributed by atoms with Crippen LogP contribution in [0.5, 0.6) is 0 Å². The third kappa shape index (κ3) is 7.73. The molecule has 0 aromatic rings. The summed E-state index contributed by atoms with van der Waals surface area (Å²) in [6.07, 6.45) is 4.57. The van der Waals surface area contributed by atoms with E-state index >= 15 is 0 Å². The van der Waals surface area contributed by atoms with Crippen molar-refractivity contribution < 1.29 is 14.3 Å². The Hall–Kier alpha value is -1.32. The van der Waals surface area contributed by atoms with Crippen molar-refractivity contribution in [2.75, 3.05) is 13.7 Å². The Morgan fingerprint density at radius 1 is 1.47 bits per heavy atom. The topological polar surface area (TPSA) is 55.4 Å². The van der Waals surface area contributed by atoms with Gasteiger partial charge in [-0.05, 0) is 12.8 Å². The molecule has 1 amide bonds. The molecule has 0 radical (unpaired) electrons. The van der Waals surface area contributed by atoms with E-state index in [1.165, 1.54) is 7.11 Å². The molecule has 0 aliphatic rings. The van der Waals surface area contributed by atoms with Crippen LogP contribution in [0.4, 0.5) is 0 Å². The van der Waals surface area contributed by atoms with E-state index in [0.717, 1.165) is 0 Å². The van der Waals surface area contributed by atoms with Crippen LogP contribution in [0.1, 0.15) is 26.7 Å². The molecule has 0 aliphatic heterocycles. The number of esters is 1. The highest BCUT2D eigenvalue weighted by atomic mass is 16.5. The van der Waals surface area contributed by atoms with Gasteiger partial charge < -0.3 is 10.1 Å². The number of hydrogen-bond donors (Lipinski definition) is 1. The maximum absolute atomic E-state index is 11.3. The van der Waals surface area contributed by atoms with Gasteiger partial charge in [-0.15, -0.1) is 0 Å². The maximum atomic E-state index is 11.3. The van der Waals surface area contributed by atoms with E-state index < -0.39 is 0 Å². The Balaban J connectivity index is 3.62. The smallest absolute Gasteiger partial charge is 0.307 e. The first-order valence-electron chi connectivity index (χ1n) is 5.06. The Morgan fingerprint density at radius 3 is 2.67 bits per heavy atom. The lowest BCUT2D eigenvalue weighted by molar-refractivity contribution is -0.140. The Morgan fingerprint density at radius 2 is 2.13 bits per heavy atom. The molecule has 0 fully saturated rings. The fourth-order valence-electron chi connectivity index (χ4n) is 1.17. The fraction of sp³-hybridized carbons (Fsp3) is 0.636. The molecule has 4 nitrogen and oxygen atoms in total. The molecule has 4 heteroatoms. The monoisotopic (exact) mass is 213 g/mol. The SMILES string of the molecule is C/C=C/C(C)CC(=O)NCCC(=O)OC. The number of amides is 1. The lowest BCUT2D eigenvalue weighted by atomic mass is 10.1. The number of carbonyl (C=O) groups is 2. The Bertz CT molecular complexity index is 236. The molecule has 1 atom stereocenters. The molecule has 0 rings (SSSR count). The summed E-state index contributed by atoms with van der Waals surface area (Å²) in [5, 5.41) is 2.66. The van der Waals surface area contributed by atoms with Gasteiger partial charge in [0.1, 0.15) is 0 Å². The molecule has 0 saturated carbocycles. The van der Waals surface area contributed by atoms with E-state index in [9.17, 15) is 9.59 Å². The van der Waals surface area contributed by atoms with E-state index in [4.69, 9.17) is 0 Å². The van der Waals surface area contributed by atoms with Crippen LogP contribution in [-0.4, -0.2) is 25.5 Å². The standard InChI is InChI=1S/C11H19NO3/c1-4-5-9(2)8-10(13)12-7-6-11(14)15-3/h4-5,9H,6-8H2,1-3H3,(H,12,13)/b5-4+. The lowest BCUT2D eigenvalue weighted by Gasteiger charge is -2.07. The van der Waals surface area contributed by atoms with Gasteiger partial charge in [-0.3, -0.25) is 9.59 Å². The molecule has 15 heavy (non-hydrogen) atoms. The zero-order valence-corrected chi connectivity index (χ0v) is 9.58. The summed E-state index contributed by atoms with van der Waals surface area (Å²) >= 11 is 0. The molecule has 1 unspecified atom stereocenters. The van der Waals surface area contributed by atoms with Crippen LogP contribution in [0.2, 0.25) is 0 Å². The molecule has 1 N–H and O–H groups in total. The minimum atomic E-state index is -0.309. The fourth-order valence-corrected chi connectivity index (χ4v) is 1.17. The summed E-state index contributed by atoms with van der Waals surface area (Å²) < 4.78 is 4.45. The second kappa shape index (κ2) is 8.03. The van der Waals surface area contributed by atoms with Gasteiger partial charge in [0.15, 0.2) is 0 Å². The number of carbonyl (C=O) groups excluding carboxylic acids is 2. The van der Waals surface area contributed by atoms with Gasteiger partial charge >= 0.3 is 5.97 Å². The van der Waals surface area contributed by atoms with Crippen molar-refractivity contribution in [1.82, 2.24) is 5.32 Å². The molecule has 0 aromatic heterocycles. The predicted molar refractivity (Wildman–Crippen MR) is 58.2 cm³/mol. The quantitative estimate of drug-likeness (QED) is 0.534. The van der Waals surface area contributed by atoms with Crippen LogP contribution in [-0.2, 0) is 14.3 Å². The second-order valence-corrected chi connectivity index (χ2v) is 3.38. The number of nitrogens with one attached hydrogen (secondary N) is 1. The van der Waals surface area contributed by atoms with Gasteiger partial charge in [0, 0.05) is 13.0 Å². The summed E-state index contributed by atoms with van der Waals surface area (Å²) in [4.78, 5) is 22.0. The first kappa shape index (κ1) is 13.7. The van der Waals surface area contributed by atoms with E-state index in [1.807, 2.05) is 26.0 Å². The van der Waals surface area contributed by atoms with Crippen LogP contribution in [0.25, 0.3) is 0 Å². The van der Waals surface area contributed by atoms with Gasteiger partial charge in [0.2, 0.25) is 5.91 Å². The molecule has 86 valence electrons. The molecule has 0 heterocycles. The molecular formula is C11H19NO3. The maximum Gasteiger partial charge on any atom is 0.307 e. The van der Waals surface area contributed by atoms with Crippen molar-refractivity contribution in [3.8, 4) is 0 Å². The highest BCUT2D eigenvalue weighted by Gasteiger charge is 2.06. The highest BCUT2D eigenvalue weighted by Crippen LogP contribution is 2.02. The summed E-state index contributed by atoms with van der Waals surface area (Å²) in [6, 6.07) is 0. The van der Waals surface area contributed by atoms with Gasteiger partial charge in [-0.2, -0.15) is 0 Å². The van der Waals surface area contributed by atoms with Gasteiger partial charge in [-0.1, -0.05) is 19.1 Å². The number of hydrogen-bond acceptors (Lipinski definition) is 3. The van der Waals surface area contributed by atoms with Gasteiger partial charge in [-0.25, -0.2) is 0 Å². The minimum absolute atomic E-state index is 0.0375. The summed E-state index contributed by atoms with van der Waals surface area (Å²) in [7, 11) is 1.33. The molecular weight excluding hydrogens is 194 g/mol. The number of ether oxygens (including phenoxy) is 1. The van der Waals surface area contributed by atoms with Crippen molar-refractivity contribution in [3.05, 3.63) is 12.2 Å². The van der Waals surface area contributed by atoms with Crippen molar-refractivity contribution >= 4 is 11.9 Å². The van der Waals surface area contributed by atoms with Crippen LogP contribution >= 0.6 is 0 Å². The second-order valence-electron chi connectivity index (χ2n) is 3.38. The number of rotatable bonds is 6. The summed E-state index contributed by atoms with van der Waals surface area (Å²) in [6.45, 7) is 4.24.